The van der Waals surface area contributed by atoms with E-state index in [9.17, 15) is 0 Å². The molecule has 0 radical (unpaired) electrons. The highest BCUT2D eigenvalue weighted by molar-refractivity contribution is 6.02. The van der Waals surface area contributed by atoms with Crippen LogP contribution in [0.25, 0.3) is 43.4 Å². The van der Waals surface area contributed by atoms with Crippen LogP contribution >= 0.6 is 0 Å². The summed E-state index contributed by atoms with van der Waals surface area (Å²) in [6.45, 7) is 0. The number of fused-ring (bicyclic) bond motifs is 3. The average Bonchev–Trinajstić information content (AvgIpc) is 2.71. The summed E-state index contributed by atoms with van der Waals surface area (Å²) < 4.78 is 5.37. The van der Waals surface area contributed by atoms with Gasteiger partial charge in [0.2, 0.25) is 0 Å². The first-order valence-corrected chi connectivity index (χ1v) is 8.81. The molecule has 0 saturated heterocycles. The Morgan fingerprint density at radius 1 is 0.538 bits per heavy atom. The Morgan fingerprint density at radius 3 is 2.08 bits per heavy atom. The number of hydrogen-bond acceptors (Lipinski definition) is 1. The van der Waals surface area contributed by atoms with Crippen molar-refractivity contribution in [2.45, 2.75) is 0 Å². The molecule has 0 aromatic heterocycles. The first-order valence-electron chi connectivity index (χ1n) is 8.81. The molecule has 1 heteroatoms. The molecule has 0 spiro atoms. The smallest absolute Gasteiger partial charge is 0.119 e. The van der Waals surface area contributed by atoms with E-state index in [-0.39, 0.29) is 0 Å². The SMILES string of the molecule is COc1ccc2c(-c3ccc4cc5ccccc5cc4c3)cccc2c1. The third-order valence-electron chi connectivity index (χ3n) is 5.10. The first kappa shape index (κ1) is 15.0. The number of benzene rings is 5. The fourth-order valence-electron chi connectivity index (χ4n) is 3.75. The van der Waals surface area contributed by atoms with Crippen LogP contribution in [0, 0.1) is 0 Å². The molecule has 1 nitrogen and oxygen atoms in total. The zero-order valence-electron chi connectivity index (χ0n) is 14.6. The molecule has 0 N–H and O–H groups in total. The lowest BCUT2D eigenvalue weighted by Gasteiger charge is -2.10. The van der Waals surface area contributed by atoms with Crippen LogP contribution in [0.2, 0.25) is 0 Å². The second kappa shape index (κ2) is 5.89. The molecule has 0 fully saturated rings. The van der Waals surface area contributed by atoms with Crippen LogP contribution in [0.3, 0.4) is 0 Å². The van der Waals surface area contributed by atoms with E-state index in [0.717, 1.165) is 5.75 Å². The molecule has 0 aliphatic heterocycles. The molecule has 0 aliphatic rings. The van der Waals surface area contributed by atoms with Gasteiger partial charge in [-0.15, -0.1) is 0 Å². The van der Waals surface area contributed by atoms with Crippen molar-refractivity contribution in [3.8, 4) is 16.9 Å². The van der Waals surface area contributed by atoms with Crippen molar-refractivity contribution >= 4 is 32.3 Å². The summed E-state index contributed by atoms with van der Waals surface area (Å²) in [5.74, 6) is 0.889. The topological polar surface area (TPSA) is 9.23 Å². The third-order valence-corrected chi connectivity index (χ3v) is 5.10. The predicted molar refractivity (Wildman–Crippen MR) is 111 cm³/mol. The maximum Gasteiger partial charge on any atom is 0.119 e. The molecule has 5 rings (SSSR count). The molecule has 0 aliphatic carbocycles. The van der Waals surface area contributed by atoms with Gasteiger partial charge in [-0.25, -0.2) is 0 Å². The molecule has 5 aromatic carbocycles. The highest BCUT2D eigenvalue weighted by atomic mass is 16.5. The van der Waals surface area contributed by atoms with E-state index in [1.807, 2.05) is 6.07 Å². The van der Waals surface area contributed by atoms with Gasteiger partial charge >= 0.3 is 0 Å². The van der Waals surface area contributed by atoms with E-state index in [4.69, 9.17) is 4.74 Å². The van der Waals surface area contributed by atoms with Crippen LogP contribution in [0.5, 0.6) is 5.75 Å². The van der Waals surface area contributed by atoms with Crippen molar-refractivity contribution in [3.63, 3.8) is 0 Å². The van der Waals surface area contributed by atoms with Gasteiger partial charge in [-0.1, -0.05) is 60.7 Å². The second-order valence-corrected chi connectivity index (χ2v) is 6.65. The summed E-state index contributed by atoms with van der Waals surface area (Å²) in [7, 11) is 1.71. The van der Waals surface area contributed by atoms with Crippen molar-refractivity contribution < 1.29 is 4.74 Å². The molecule has 26 heavy (non-hydrogen) atoms. The number of hydrogen-bond donors (Lipinski definition) is 0. The molecule has 5 aromatic rings. The van der Waals surface area contributed by atoms with Crippen LogP contribution in [-0.4, -0.2) is 7.11 Å². The molecule has 0 amide bonds. The molecular formula is C25H18O. The maximum absolute atomic E-state index is 5.37. The van der Waals surface area contributed by atoms with Gasteiger partial charge in [-0.3, -0.25) is 0 Å². The van der Waals surface area contributed by atoms with Gasteiger partial charge < -0.3 is 4.74 Å². The van der Waals surface area contributed by atoms with Crippen LogP contribution in [0.15, 0.2) is 91.0 Å². The van der Waals surface area contributed by atoms with E-state index in [2.05, 4.69) is 84.9 Å². The van der Waals surface area contributed by atoms with Crippen molar-refractivity contribution in [1.82, 2.24) is 0 Å². The van der Waals surface area contributed by atoms with Gasteiger partial charge in [0.15, 0.2) is 0 Å². The van der Waals surface area contributed by atoms with Crippen molar-refractivity contribution in [2.24, 2.45) is 0 Å². The Balaban J connectivity index is 1.73. The molecule has 0 heterocycles. The summed E-state index contributed by atoms with van der Waals surface area (Å²) in [5, 5.41) is 7.54. The second-order valence-electron chi connectivity index (χ2n) is 6.65. The third kappa shape index (κ3) is 2.41. The van der Waals surface area contributed by atoms with Gasteiger partial charge in [0, 0.05) is 0 Å². The fraction of sp³-hybridized carbons (Fsp3) is 0.0400. The van der Waals surface area contributed by atoms with E-state index in [1.54, 1.807) is 7.11 Å². The van der Waals surface area contributed by atoms with Crippen molar-refractivity contribution in [1.29, 1.82) is 0 Å². The monoisotopic (exact) mass is 334 g/mol. The Labute approximate surface area is 152 Å². The molecule has 124 valence electrons. The number of ether oxygens (including phenoxy) is 1. The highest BCUT2D eigenvalue weighted by Gasteiger charge is 2.06. The van der Waals surface area contributed by atoms with Gasteiger partial charge in [0.25, 0.3) is 0 Å². The van der Waals surface area contributed by atoms with E-state index in [0.29, 0.717) is 0 Å². The maximum atomic E-state index is 5.37. The van der Waals surface area contributed by atoms with Crippen molar-refractivity contribution in [2.75, 3.05) is 7.11 Å². The standard InChI is InChI=1S/C25H18O/c1-26-23-11-12-25-20(16-23)7-4-8-24(25)21-10-9-19-13-17-5-2-3-6-18(17)14-22(19)15-21/h2-16H,1H3. The minimum atomic E-state index is 0.889. The van der Waals surface area contributed by atoms with E-state index < -0.39 is 0 Å². The van der Waals surface area contributed by atoms with Crippen LogP contribution in [-0.2, 0) is 0 Å². The Kier molecular flexibility index (Phi) is 3.39. The minimum Gasteiger partial charge on any atom is -0.497 e. The zero-order chi connectivity index (χ0) is 17.5. The van der Waals surface area contributed by atoms with Crippen LogP contribution in [0.1, 0.15) is 0 Å². The lowest BCUT2D eigenvalue weighted by molar-refractivity contribution is 0.415. The van der Waals surface area contributed by atoms with Gasteiger partial charge in [0.1, 0.15) is 5.75 Å². The largest absolute Gasteiger partial charge is 0.497 e. The average molecular weight is 334 g/mol. The number of rotatable bonds is 2. The normalized spacial score (nSPS) is 11.3. The Morgan fingerprint density at radius 2 is 1.27 bits per heavy atom. The minimum absolute atomic E-state index is 0.889. The quantitative estimate of drug-likeness (QED) is 0.322. The van der Waals surface area contributed by atoms with Crippen molar-refractivity contribution in [3.05, 3.63) is 91.0 Å². The van der Waals surface area contributed by atoms with Gasteiger partial charge in [-0.2, -0.15) is 0 Å². The zero-order valence-corrected chi connectivity index (χ0v) is 14.6. The molecule has 0 saturated carbocycles. The summed E-state index contributed by atoms with van der Waals surface area (Å²) in [6.07, 6.45) is 0. The first-order chi connectivity index (χ1) is 12.8. The summed E-state index contributed by atoms with van der Waals surface area (Å²) >= 11 is 0. The molecule has 0 atom stereocenters. The number of methoxy groups -OCH3 is 1. The Hall–Kier alpha value is -3.32. The lowest BCUT2D eigenvalue weighted by Crippen LogP contribution is -1.85. The molecule has 0 unspecified atom stereocenters. The fourth-order valence-corrected chi connectivity index (χ4v) is 3.75. The Bertz CT molecular complexity index is 1270. The van der Waals surface area contributed by atoms with Gasteiger partial charge in [0.05, 0.1) is 7.11 Å². The molecular weight excluding hydrogens is 316 g/mol. The summed E-state index contributed by atoms with van der Waals surface area (Å²) in [6, 6.07) is 32.5. The predicted octanol–water partition coefficient (Wildman–Crippen LogP) is 6.82. The molecule has 0 bridgehead atoms. The van der Waals surface area contributed by atoms with Crippen LogP contribution < -0.4 is 4.74 Å². The van der Waals surface area contributed by atoms with E-state index in [1.165, 1.54) is 43.4 Å². The van der Waals surface area contributed by atoms with E-state index >= 15 is 0 Å². The van der Waals surface area contributed by atoms with Gasteiger partial charge in [-0.05, 0) is 73.8 Å². The highest BCUT2D eigenvalue weighted by Crippen LogP contribution is 2.33. The lowest BCUT2D eigenvalue weighted by atomic mass is 9.95. The summed E-state index contributed by atoms with van der Waals surface area (Å²) in [4.78, 5) is 0. The summed E-state index contributed by atoms with van der Waals surface area (Å²) in [5.41, 5.74) is 2.49. The van der Waals surface area contributed by atoms with Crippen LogP contribution in [0.4, 0.5) is 0 Å².